The van der Waals surface area contributed by atoms with Crippen molar-refractivity contribution >= 4 is 11.9 Å². The van der Waals surface area contributed by atoms with Crippen molar-refractivity contribution < 1.29 is 39.5 Å². The van der Waals surface area contributed by atoms with Crippen molar-refractivity contribution in [1.29, 1.82) is 0 Å². The fraction of sp³-hybridized carbons (Fsp3) is 0.394. The molecule has 1 aliphatic heterocycles. The Kier molecular flexibility index (Phi) is 11.3. The third kappa shape index (κ3) is 9.09. The number of ether oxygens (including phenoxy) is 2. The fourth-order valence-electron chi connectivity index (χ4n) is 5.14. The van der Waals surface area contributed by atoms with Gasteiger partial charge in [-0.05, 0) is 41.4 Å². The van der Waals surface area contributed by atoms with Gasteiger partial charge < -0.3 is 40.1 Å². The van der Waals surface area contributed by atoms with Crippen LogP contribution in [0.15, 0.2) is 72.8 Å². The minimum absolute atomic E-state index is 0.0446. The molecule has 0 aromatic heterocycles. The van der Waals surface area contributed by atoms with Crippen molar-refractivity contribution in [2.45, 2.75) is 57.5 Å². The van der Waals surface area contributed by atoms with E-state index in [0.29, 0.717) is 18.7 Å². The normalized spacial score (nSPS) is 21.0. The van der Waals surface area contributed by atoms with E-state index in [-0.39, 0.29) is 55.8 Å². The van der Waals surface area contributed by atoms with E-state index in [0.717, 1.165) is 22.3 Å². The van der Waals surface area contributed by atoms with E-state index in [1.165, 1.54) is 0 Å². The molecule has 0 bridgehead atoms. The minimum Gasteiger partial charge on any atom is -0.508 e. The average molecular weight is 593 g/mol. The molecule has 3 aromatic carbocycles. The summed E-state index contributed by atoms with van der Waals surface area (Å²) in [5.41, 5.74) is 4.06. The van der Waals surface area contributed by atoms with E-state index < -0.39 is 18.4 Å². The van der Waals surface area contributed by atoms with Crippen molar-refractivity contribution in [2.24, 2.45) is 5.92 Å². The first kappa shape index (κ1) is 32.1. The molecule has 10 nitrogen and oxygen atoms in total. The number of aliphatic hydroxyl groups excluding tert-OH is 2. The van der Waals surface area contributed by atoms with Crippen LogP contribution in [0, 0.1) is 5.92 Å². The van der Waals surface area contributed by atoms with Crippen LogP contribution in [0.4, 0.5) is 0 Å². The zero-order valence-electron chi connectivity index (χ0n) is 24.4. The molecule has 1 heterocycles. The van der Waals surface area contributed by atoms with E-state index in [1.54, 1.807) is 24.3 Å². The molecule has 1 aliphatic rings. The molecule has 43 heavy (non-hydrogen) atoms. The standard InChI is InChI=1S/C33H40N2O8/c1-21-29(19-35(2)18-28(38)26-4-3-5-27(37)16-26)42-33(43-32(21)24-10-8-23(20-36)9-11-24)25-12-6-22(7-13-25)17-34-30(39)14-15-31(40)41/h3-13,16,21,28-29,32-33,36-38H,14-15,17-20H2,1-2H3,(H,34,39)(H,40,41). The Hall–Kier alpha value is -3.80. The van der Waals surface area contributed by atoms with Crippen molar-refractivity contribution in [3.63, 3.8) is 0 Å². The SMILES string of the molecule is CC1C(CN(C)CC(O)c2cccc(O)c2)OC(c2ccc(CNC(=O)CCC(=O)O)cc2)OC1c1ccc(CO)cc1. The molecule has 0 saturated carbocycles. The number of rotatable bonds is 13. The lowest BCUT2D eigenvalue weighted by molar-refractivity contribution is -0.276. The predicted molar refractivity (Wildman–Crippen MR) is 159 cm³/mol. The van der Waals surface area contributed by atoms with Gasteiger partial charge in [0.2, 0.25) is 5.91 Å². The predicted octanol–water partition coefficient (Wildman–Crippen LogP) is 3.82. The van der Waals surface area contributed by atoms with Gasteiger partial charge >= 0.3 is 5.97 Å². The second-order valence-electron chi connectivity index (χ2n) is 11.1. The van der Waals surface area contributed by atoms with E-state index in [2.05, 4.69) is 12.2 Å². The van der Waals surface area contributed by atoms with Gasteiger partial charge in [-0.3, -0.25) is 9.59 Å². The number of nitrogens with one attached hydrogen (secondary N) is 1. The van der Waals surface area contributed by atoms with Crippen LogP contribution in [0.5, 0.6) is 5.75 Å². The highest BCUT2D eigenvalue weighted by Crippen LogP contribution is 2.42. The molecule has 10 heteroatoms. The number of hydrogen-bond acceptors (Lipinski definition) is 8. The maximum Gasteiger partial charge on any atom is 0.303 e. The molecule has 5 N–H and O–H groups in total. The molecule has 3 aromatic rings. The highest BCUT2D eigenvalue weighted by Gasteiger charge is 2.39. The zero-order valence-corrected chi connectivity index (χ0v) is 24.4. The molecule has 0 aliphatic carbocycles. The topological polar surface area (TPSA) is 149 Å². The lowest BCUT2D eigenvalue weighted by Crippen LogP contribution is -2.44. The monoisotopic (exact) mass is 592 g/mol. The number of carbonyl (C=O) groups excluding carboxylic acids is 1. The molecule has 1 amide bonds. The van der Waals surface area contributed by atoms with Crippen LogP contribution in [-0.2, 0) is 32.2 Å². The summed E-state index contributed by atoms with van der Waals surface area (Å²) in [6.45, 7) is 3.15. The van der Waals surface area contributed by atoms with Crippen LogP contribution in [0.1, 0.15) is 66.1 Å². The number of phenolic OH excluding ortho intramolecular Hbond substituents is 1. The zero-order chi connectivity index (χ0) is 30.9. The summed E-state index contributed by atoms with van der Waals surface area (Å²) in [5, 5.41) is 41.6. The second kappa shape index (κ2) is 15.1. The van der Waals surface area contributed by atoms with Gasteiger partial charge in [0.15, 0.2) is 6.29 Å². The van der Waals surface area contributed by atoms with Crippen LogP contribution in [0.3, 0.4) is 0 Å². The van der Waals surface area contributed by atoms with E-state index in [1.807, 2.05) is 60.5 Å². The highest BCUT2D eigenvalue weighted by atomic mass is 16.7. The summed E-state index contributed by atoms with van der Waals surface area (Å²) < 4.78 is 13.0. The number of aromatic hydroxyl groups is 1. The van der Waals surface area contributed by atoms with E-state index in [4.69, 9.17) is 14.6 Å². The molecule has 1 fully saturated rings. The van der Waals surface area contributed by atoms with E-state index in [9.17, 15) is 24.9 Å². The Labute approximate surface area is 251 Å². The van der Waals surface area contributed by atoms with Crippen molar-refractivity contribution in [3.05, 3.63) is 101 Å². The first-order chi connectivity index (χ1) is 20.6. The number of benzene rings is 3. The smallest absolute Gasteiger partial charge is 0.303 e. The molecule has 230 valence electrons. The number of likely N-dealkylation sites (N-methyl/N-ethyl adjacent to an activating group) is 1. The number of aliphatic hydroxyl groups is 2. The maximum atomic E-state index is 11.9. The number of carbonyl (C=O) groups is 2. The Morgan fingerprint density at radius 3 is 2.28 bits per heavy atom. The summed E-state index contributed by atoms with van der Waals surface area (Å²) in [4.78, 5) is 24.6. The van der Waals surface area contributed by atoms with Gasteiger partial charge in [-0.15, -0.1) is 0 Å². The quantitative estimate of drug-likeness (QED) is 0.200. The van der Waals surface area contributed by atoms with Crippen molar-refractivity contribution in [1.82, 2.24) is 10.2 Å². The number of carboxylic acid groups (broad SMARTS) is 1. The van der Waals surface area contributed by atoms with Crippen LogP contribution in [0.2, 0.25) is 0 Å². The van der Waals surface area contributed by atoms with Gasteiger partial charge in [0.05, 0.1) is 31.3 Å². The van der Waals surface area contributed by atoms with Gasteiger partial charge in [-0.1, -0.05) is 67.6 Å². The van der Waals surface area contributed by atoms with Gasteiger partial charge in [0, 0.05) is 37.5 Å². The Balaban J connectivity index is 1.47. The first-order valence-corrected chi connectivity index (χ1v) is 14.4. The summed E-state index contributed by atoms with van der Waals surface area (Å²) in [6, 6.07) is 21.8. The Morgan fingerprint density at radius 1 is 0.953 bits per heavy atom. The Bertz CT molecular complexity index is 1350. The van der Waals surface area contributed by atoms with Gasteiger partial charge in [0.25, 0.3) is 0 Å². The molecule has 0 radical (unpaired) electrons. The average Bonchev–Trinajstić information content (AvgIpc) is 3.00. The number of hydrogen-bond donors (Lipinski definition) is 5. The third-order valence-corrected chi connectivity index (χ3v) is 7.66. The first-order valence-electron chi connectivity index (χ1n) is 14.4. The van der Waals surface area contributed by atoms with Crippen LogP contribution < -0.4 is 5.32 Å². The maximum absolute atomic E-state index is 11.9. The van der Waals surface area contributed by atoms with Crippen LogP contribution in [0.25, 0.3) is 0 Å². The number of amides is 1. The number of phenols is 1. The summed E-state index contributed by atoms with van der Waals surface area (Å²) in [5.74, 6) is -1.28. The summed E-state index contributed by atoms with van der Waals surface area (Å²) >= 11 is 0. The fourth-order valence-corrected chi connectivity index (χ4v) is 5.14. The van der Waals surface area contributed by atoms with Crippen molar-refractivity contribution in [3.8, 4) is 5.75 Å². The van der Waals surface area contributed by atoms with Gasteiger partial charge in [0.1, 0.15) is 5.75 Å². The van der Waals surface area contributed by atoms with Crippen LogP contribution in [-0.4, -0.2) is 63.4 Å². The Morgan fingerprint density at radius 2 is 1.63 bits per heavy atom. The highest BCUT2D eigenvalue weighted by molar-refractivity contribution is 5.80. The number of nitrogens with zero attached hydrogens (tertiary/aromatic N) is 1. The van der Waals surface area contributed by atoms with Crippen molar-refractivity contribution in [2.75, 3.05) is 20.1 Å². The molecule has 0 spiro atoms. The minimum atomic E-state index is -1.01. The molecule has 4 rings (SSSR count). The number of carboxylic acids is 1. The summed E-state index contributed by atoms with van der Waals surface area (Å²) in [7, 11) is 1.91. The van der Waals surface area contributed by atoms with Gasteiger partial charge in [-0.2, -0.15) is 0 Å². The molecule has 5 unspecified atom stereocenters. The lowest BCUT2D eigenvalue weighted by Gasteiger charge is -2.42. The summed E-state index contributed by atoms with van der Waals surface area (Å²) in [6.07, 6.45) is -2.30. The lowest BCUT2D eigenvalue weighted by atomic mass is 9.90. The van der Waals surface area contributed by atoms with Gasteiger partial charge in [-0.25, -0.2) is 0 Å². The van der Waals surface area contributed by atoms with E-state index >= 15 is 0 Å². The molecular formula is C33H40N2O8. The van der Waals surface area contributed by atoms with Crippen LogP contribution >= 0.6 is 0 Å². The molecular weight excluding hydrogens is 552 g/mol. The molecule has 5 atom stereocenters. The largest absolute Gasteiger partial charge is 0.508 e. The third-order valence-electron chi connectivity index (χ3n) is 7.66. The molecule has 1 saturated heterocycles. The number of aliphatic carboxylic acids is 1. The second-order valence-corrected chi connectivity index (χ2v) is 11.1.